The lowest BCUT2D eigenvalue weighted by molar-refractivity contribution is -0.119. The van der Waals surface area contributed by atoms with Crippen LogP contribution in [0.3, 0.4) is 0 Å². The summed E-state index contributed by atoms with van der Waals surface area (Å²) >= 11 is 0. The first kappa shape index (κ1) is 13.4. The van der Waals surface area contributed by atoms with Gasteiger partial charge in [-0.25, -0.2) is 8.42 Å². The lowest BCUT2D eigenvalue weighted by atomic mass is 9.88. The fraction of sp³-hybridized carbons (Fsp3) is 0.500. The van der Waals surface area contributed by atoms with E-state index in [2.05, 4.69) is 17.1 Å². The number of nitrogens with one attached hydrogen (secondary N) is 1. The van der Waals surface area contributed by atoms with Crippen LogP contribution in [0.4, 0.5) is 11.4 Å². The molecule has 1 fully saturated rings. The van der Waals surface area contributed by atoms with Crippen molar-refractivity contribution in [1.29, 1.82) is 0 Å². The standard InChI is InChI=1S/C14H18N2O3S/c1-9-5-4-8-16-10-6-3-7-11(20(2,18)19)12(10)15-14(17)13(9)16/h3,6-7,9,13H,4-5,8H2,1-2H3,(H,15,17). The molecule has 1 saturated heterocycles. The topological polar surface area (TPSA) is 66.5 Å². The van der Waals surface area contributed by atoms with Gasteiger partial charge in [0.15, 0.2) is 9.84 Å². The maximum absolute atomic E-state index is 12.3. The molecule has 0 saturated carbocycles. The molecule has 1 amide bonds. The van der Waals surface area contributed by atoms with E-state index in [1.807, 2.05) is 6.07 Å². The minimum Gasteiger partial charge on any atom is -0.358 e. The van der Waals surface area contributed by atoms with Gasteiger partial charge in [-0.2, -0.15) is 0 Å². The molecule has 0 bridgehead atoms. The Morgan fingerprint density at radius 1 is 1.35 bits per heavy atom. The van der Waals surface area contributed by atoms with Crippen LogP contribution < -0.4 is 10.2 Å². The lowest BCUT2D eigenvalue weighted by Gasteiger charge is -2.44. The average Bonchev–Trinajstić information content (AvgIpc) is 2.37. The predicted octanol–water partition coefficient (Wildman–Crippen LogP) is 1.65. The van der Waals surface area contributed by atoms with Crippen LogP contribution >= 0.6 is 0 Å². The highest BCUT2D eigenvalue weighted by Crippen LogP contribution is 2.41. The van der Waals surface area contributed by atoms with Gasteiger partial charge in [0.05, 0.1) is 16.3 Å². The van der Waals surface area contributed by atoms with Gasteiger partial charge in [-0.3, -0.25) is 4.79 Å². The van der Waals surface area contributed by atoms with E-state index in [1.165, 1.54) is 6.26 Å². The van der Waals surface area contributed by atoms with Gasteiger partial charge >= 0.3 is 0 Å². The number of carbonyl (C=O) groups excluding carboxylic acids is 1. The first-order chi connectivity index (χ1) is 9.39. The molecular weight excluding hydrogens is 276 g/mol. The Kier molecular flexibility index (Phi) is 3.01. The molecule has 5 nitrogen and oxygen atoms in total. The van der Waals surface area contributed by atoms with Gasteiger partial charge in [0.25, 0.3) is 0 Å². The fourth-order valence-corrected chi connectivity index (χ4v) is 4.10. The van der Waals surface area contributed by atoms with Crippen LogP contribution in [0.15, 0.2) is 23.1 Å². The molecule has 2 aliphatic rings. The van der Waals surface area contributed by atoms with Gasteiger partial charge in [0, 0.05) is 12.8 Å². The van der Waals surface area contributed by atoms with Crippen molar-refractivity contribution in [1.82, 2.24) is 0 Å². The van der Waals surface area contributed by atoms with E-state index in [9.17, 15) is 13.2 Å². The summed E-state index contributed by atoms with van der Waals surface area (Å²) in [5, 5.41) is 2.80. The molecule has 1 aromatic rings. The molecule has 2 unspecified atom stereocenters. The van der Waals surface area contributed by atoms with E-state index >= 15 is 0 Å². The summed E-state index contributed by atoms with van der Waals surface area (Å²) in [6, 6.07) is 4.98. The van der Waals surface area contributed by atoms with E-state index < -0.39 is 9.84 Å². The predicted molar refractivity (Wildman–Crippen MR) is 77.7 cm³/mol. The van der Waals surface area contributed by atoms with Gasteiger partial charge in [0.1, 0.15) is 6.04 Å². The fourth-order valence-electron chi connectivity index (χ4n) is 3.25. The third-order valence-electron chi connectivity index (χ3n) is 4.16. The molecule has 108 valence electrons. The first-order valence-electron chi connectivity index (χ1n) is 6.80. The highest BCUT2D eigenvalue weighted by atomic mass is 32.2. The molecule has 2 aliphatic heterocycles. The van der Waals surface area contributed by atoms with Crippen molar-refractivity contribution in [2.24, 2.45) is 5.92 Å². The maximum Gasteiger partial charge on any atom is 0.247 e. The number of rotatable bonds is 1. The van der Waals surface area contributed by atoms with Crippen LogP contribution in [0, 0.1) is 5.92 Å². The number of piperidine rings is 1. The molecule has 1 aromatic carbocycles. The third-order valence-corrected chi connectivity index (χ3v) is 5.30. The molecular formula is C14H18N2O3S. The van der Waals surface area contributed by atoms with Crippen LogP contribution in [0.25, 0.3) is 0 Å². The third kappa shape index (κ3) is 1.98. The zero-order chi connectivity index (χ0) is 14.5. The molecule has 2 heterocycles. The van der Waals surface area contributed by atoms with E-state index in [1.54, 1.807) is 12.1 Å². The second-order valence-corrected chi connectivity index (χ2v) is 7.65. The van der Waals surface area contributed by atoms with Crippen LogP contribution in [0.5, 0.6) is 0 Å². The number of anilines is 2. The number of sulfone groups is 1. The molecule has 0 spiro atoms. The number of nitrogens with zero attached hydrogens (tertiary/aromatic N) is 1. The number of amides is 1. The van der Waals surface area contributed by atoms with E-state index in [0.717, 1.165) is 25.1 Å². The highest BCUT2D eigenvalue weighted by Gasteiger charge is 2.40. The second-order valence-electron chi connectivity index (χ2n) is 5.67. The minimum absolute atomic E-state index is 0.0965. The summed E-state index contributed by atoms with van der Waals surface area (Å²) in [5.41, 5.74) is 1.26. The second kappa shape index (κ2) is 4.48. The Hall–Kier alpha value is -1.56. The molecule has 0 radical (unpaired) electrons. The zero-order valence-electron chi connectivity index (χ0n) is 11.6. The largest absolute Gasteiger partial charge is 0.358 e. The van der Waals surface area contributed by atoms with Crippen molar-refractivity contribution >= 4 is 27.1 Å². The Balaban J connectivity index is 2.17. The average molecular weight is 294 g/mol. The summed E-state index contributed by atoms with van der Waals surface area (Å²) in [6.45, 7) is 2.87. The van der Waals surface area contributed by atoms with Gasteiger partial charge in [-0.15, -0.1) is 0 Å². The number of hydrogen-bond donors (Lipinski definition) is 1. The summed E-state index contributed by atoms with van der Waals surface area (Å²) < 4.78 is 23.7. The smallest absolute Gasteiger partial charge is 0.247 e. The summed E-state index contributed by atoms with van der Waals surface area (Å²) in [4.78, 5) is 14.6. The van der Waals surface area contributed by atoms with Crippen LogP contribution in [-0.4, -0.2) is 33.2 Å². The molecule has 1 N–H and O–H groups in total. The molecule has 0 aromatic heterocycles. The quantitative estimate of drug-likeness (QED) is 0.855. The van der Waals surface area contributed by atoms with Crippen molar-refractivity contribution < 1.29 is 13.2 Å². The molecule has 0 aliphatic carbocycles. The zero-order valence-corrected chi connectivity index (χ0v) is 12.4. The van der Waals surface area contributed by atoms with Crippen LogP contribution in [0.2, 0.25) is 0 Å². The summed E-state index contributed by atoms with van der Waals surface area (Å²) in [7, 11) is -3.36. The summed E-state index contributed by atoms with van der Waals surface area (Å²) in [6.07, 6.45) is 3.21. The number of carbonyl (C=O) groups is 1. The molecule has 20 heavy (non-hydrogen) atoms. The SMILES string of the molecule is CC1CCCN2c3cccc(S(C)(=O)=O)c3NC(=O)C12. The van der Waals surface area contributed by atoms with Crippen molar-refractivity contribution in [3.63, 3.8) is 0 Å². The minimum atomic E-state index is -3.36. The van der Waals surface area contributed by atoms with Gasteiger partial charge in [0.2, 0.25) is 5.91 Å². The molecule has 3 rings (SSSR count). The number of fused-ring (bicyclic) bond motifs is 3. The Morgan fingerprint density at radius 2 is 2.10 bits per heavy atom. The highest BCUT2D eigenvalue weighted by molar-refractivity contribution is 7.90. The molecule has 2 atom stereocenters. The van der Waals surface area contributed by atoms with E-state index in [0.29, 0.717) is 5.69 Å². The van der Waals surface area contributed by atoms with Gasteiger partial charge in [-0.1, -0.05) is 13.0 Å². The van der Waals surface area contributed by atoms with E-state index in [-0.39, 0.29) is 22.8 Å². The lowest BCUT2D eigenvalue weighted by Crippen LogP contribution is -2.54. The van der Waals surface area contributed by atoms with Crippen molar-refractivity contribution in [2.75, 3.05) is 23.0 Å². The van der Waals surface area contributed by atoms with Crippen LogP contribution in [0.1, 0.15) is 19.8 Å². The van der Waals surface area contributed by atoms with Crippen LogP contribution in [-0.2, 0) is 14.6 Å². The normalized spacial score (nSPS) is 25.7. The Bertz CT molecular complexity index is 669. The maximum atomic E-state index is 12.3. The van der Waals surface area contributed by atoms with Gasteiger partial charge in [-0.05, 0) is 30.9 Å². The van der Waals surface area contributed by atoms with Crippen molar-refractivity contribution in [3.05, 3.63) is 18.2 Å². The van der Waals surface area contributed by atoms with Crippen molar-refractivity contribution in [2.45, 2.75) is 30.7 Å². The summed E-state index contributed by atoms with van der Waals surface area (Å²) in [5.74, 6) is 0.180. The monoisotopic (exact) mass is 294 g/mol. The number of para-hydroxylation sites is 1. The number of benzene rings is 1. The molecule has 6 heteroatoms. The number of hydrogen-bond acceptors (Lipinski definition) is 4. The Labute approximate surface area is 118 Å². The van der Waals surface area contributed by atoms with Gasteiger partial charge < -0.3 is 10.2 Å². The van der Waals surface area contributed by atoms with Crippen molar-refractivity contribution in [3.8, 4) is 0 Å². The van der Waals surface area contributed by atoms with E-state index in [4.69, 9.17) is 0 Å². The Morgan fingerprint density at radius 3 is 2.80 bits per heavy atom. The first-order valence-corrected chi connectivity index (χ1v) is 8.69.